The number of amides is 1. The Morgan fingerprint density at radius 3 is 2.52 bits per heavy atom. The van der Waals surface area contributed by atoms with Crippen molar-refractivity contribution >= 4 is 18.3 Å². The lowest BCUT2D eigenvalue weighted by molar-refractivity contribution is 0.0678. The molecule has 1 saturated heterocycles. The highest BCUT2D eigenvalue weighted by Crippen LogP contribution is 2.24. The Morgan fingerprint density at radius 2 is 1.90 bits per heavy atom. The molecule has 31 heavy (non-hydrogen) atoms. The molecule has 2 heterocycles. The number of nitrogens with one attached hydrogen (secondary N) is 1. The van der Waals surface area contributed by atoms with E-state index in [-0.39, 0.29) is 36.5 Å². The Balaban J connectivity index is 0.00000341. The number of aromatic nitrogens is 2. The van der Waals surface area contributed by atoms with E-state index >= 15 is 0 Å². The first-order valence-electron chi connectivity index (χ1n) is 9.95. The van der Waals surface area contributed by atoms with E-state index in [4.69, 9.17) is 0 Å². The number of hydrogen-bond acceptors (Lipinski definition) is 6. The van der Waals surface area contributed by atoms with Crippen LogP contribution in [0.15, 0.2) is 29.1 Å². The van der Waals surface area contributed by atoms with Gasteiger partial charge in [0.25, 0.3) is 11.5 Å². The summed E-state index contributed by atoms with van der Waals surface area (Å²) in [7, 11) is 3.50. The van der Waals surface area contributed by atoms with E-state index < -0.39 is 17.2 Å². The maximum absolute atomic E-state index is 13.0. The standard InChI is InChI=1S/C21H28FN5O3.ClH/c1-13(2)27-10-9-25(3)16(12-27)19-24-17(18(28)21(30)26(19)4)20(29)23-11-14-5-7-15(22)8-6-14;/h5-8,13,16,28H,9-12H2,1-4H3,(H,23,29);1H. The predicted octanol–water partition coefficient (Wildman–Crippen LogP) is 1.67. The zero-order valence-electron chi connectivity index (χ0n) is 18.1. The molecule has 0 bridgehead atoms. The first kappa shape index (κ1) is 24.8. The molecule has 0 radical (unpaired) electrons. The fourth-order valence-corrected chi connectivity index (χ4v) is 3.57. The van der Waals surface area contributed by atoms with E-state index in [1.54, 1.807) is 19.2 Å². The Hall–Kier alpha value is -2.49. The molecule has 1 aromatic carbocycles. The summed E-state index contributed by atoms with van der Waals surface area (Å²) >= 11 is 0. The summed E-state index contributed by atoms with van der Waals surface area (Å²) < 4.78 is 14.3. The predicted molar refractivity (Wildman–Crippen MR) is 118 cm³/mol. The normalized spacial score (nSPS) is 17.4. The van der Waals surface area contributed by atoms with Crippen molar-refractivity contribution in [3.63, 3.8) is 0 Å². The number of halogens is 2. The van der Waals surface area contributed by atoms with Gasteiger partial charge in [0.05, 0.1) is 6.04 Å². The maximum Gasteiger partial charge on any atom is 0.296 e. The maximum atomic E-state index is 13.0. The van der Waals surface area contributed by atoms with Crippen molar-refractivity contribution in [2.75, 3.05) is 26.7 Å². The van der Waals surface area contributed by atoms with Gasteiger partial charge in [-0.15, -0.1) is 12.4 Å². The van der Waals surface area contributed by atoms with Gasteiger partial charge in [-0.3, -0.25) is 24.0 Å². The monoisotopic (exact) mass is 453 g/mol. The smallest absolute Gasteiger partial charge is 0.296 e. The molecule has 8 nitrogen and oxygen atoms in total. The summed E-state index contributed by atoms with van der Waals surface area (Å²) in [4.78, 5) is 34.1. The van der Waals surface area contributed by atoms with E-state index in [1.807, 2.05) is 7.05 Å². The number of carbonyl (C=O) groups excluding carboxylic acids is 1. The quantitative estimate of drug-likeness (QED) is 0.715. The molecule has 3 rings (SSSR count). The summed E-state index contributed by atoms with van der Waals surface area (Å²) in [5.41, 5.74) is -0.278. The van der Waals surface area contributed by atoms with Gasteiger partial charge in [0.2, 0.25) is 5.75 Å². The van der Waals surface area contributed by atoms with Crippen LogP contribution in [0.1, 0.15) is 41.8 Å². The van der Waals surface area contributed by atoms with E-state index in [9.17, 15) is 19.1 Å². The number of aromatic hydroxyl groups is 1. The lowest BCUT2D eigenvalue weighted by atomic mass is 10.1. The average Bonchev–Trinajstić information content (AvgIpc) is 2.72. The van der Waals surface area contributed by atoms with Gasteiger partial charge in [-0.2, -0.15) is 0 Å². The van der Waals surface area contributed by atoms with E-state index in [2.05, 4.69) is 33.9 Å². The molecule has 1 atom stereocenters. The van der Waals surface area contributed by atoms with E-state index in [0.717, 1.165) is 13.1 Å². The van der Waals surface area contributed by atoms with Crippen LogP contribution < -0.4 is 10.9 Å². The van der Waals surface area contributed by atoms with Gasteiger partial charge in [0.15, 0.2) is 5.69 Å². The van der Waals surface area contributed by atoms with Crippen LogP contribution in [0.25, 0.3) is 0 Å². The third-order valence-electron chi connectivity index (χ3n) is 5.59. The first-order chi connectivity index (χ1) is 14.2. The van der Waals surface area contributed by atoms with Gasteiger partial charge < -0.3 is 10.4 Å². The van der Waals surface area contributed by atoms with Crippen LogP contribution in [0, 0.1) is 5.82 Å². The van der Waals surface area contributed by atoms with Gasteiger partial charge in [-0.25, -0.2) is 9.37 Å². The second-order valence-electron chi connectivity index (χ2n) is 7.93. The Labute approximate surface area is 187 Å². The fourth-order valence-electron chi connectivity index (χ4n) is 3.57. The van der Waals surface area contributed by atoms with Crippen molar-refractivity contribution in [3.8, 4) is 5.75 Å². The molecule has 2 N–H and O–H groups in total. The minimum Gasteiger partial charge on any atom is -0.501 e. The van der Waals surface area contributed by atoms with Crippen molar-refractivity contribution in [1.82, 2.24) is 24.7 Å². The lowest BCUT2D eigenvalue weighted by Gasteiger charge is -2.41. The van der Waals surface area contributed by atoms with Crippen molar-refractivity contribution in [3.05, 3.63) is 57.5 Å². The van der Waals surface area contributed by atoms with Crippen LogP contribution in [0.5, 0.6) is 5.75 Å². The van der Waals surface area contributed by atoms with Crippen LogP contribution in [0.3, 0.4) is 0 Å². The van der Waals surface area contributed by atoms with E-state index in [0.29, 0.717) is 24.0 Å². The second kappa shape index (κ2) is 10.2. The van der Waals surface area contributed by atoms with Gasteiger partial charge in [-0.05, 0) is 38.6 Å². The van der Waals surface area contributed by atoms with Gasteiger partial charge >= 0.3 is 0 Å². The summed E-state index contributed by atoms with van der Waals surface area (Å²) in [6.45, 7) is 6.71. The van der Waals surface area contributed by atoms with E-state index in [1.165, 1.54) is 16.7 Å². The largest absolute Gasteiger partial charge is 0.501 e. The highest BCUT2D eigenvalue weighted by Gasteiger charge is 2.31. The molecule has 1 unspecified atom stereocenters. The Morgan fingerprint density at radius 1 is 1.26 bits per heavy atom. The van der Waals surface area contributed by atoms with Crippen molar-refractivity contribution < 1.29 is 14.3 Å². The zero-order chi connectivity index (χ0) is 22.0. The minimum atomic E-state index is -0.683. The van der Waals surface area contributed by atoms with Crippen LogP contribution in [-0.4, -0.2) is 63.1 Å². The van der Waals surface area contributed by atoms with Crippen molar-refractivity contribution in [2.45, 2.75) is 32.5 Å². The number of piperazine rings is 1. The first-order valence-corrected chi connectivity index (χ1v) is 9.95. The number of nitrogens with zero attached hydrogens (tertiary/aromatic N) is 4. The summed E-state index contributed by atoms with van der Waals surface area (Å²) in [5, 5.41) is 12.9. The topological polar surface area (TPSA) is 90.7 Å². The summed E-state index contributed by atoms with van der Waals surface area (Å²) in [6.07, 6.45) is 0. The molecule has 10 heteroatoms. The van der Waals surface area contributed by atoms with Crippen LogP contribution in [0.2, 0.25) is 0 Å². The molecule has 170 valence electrons. The Kier molecular flexibility index (Phi) is 8.16. The molecule has 0 spiro atoms. The van der Waals surface area contributed by atoms with Gasteiger partial charge in [0, 0.05) is 39.3 Å². The van der Waals surface area contributed by atoms with Crippen molar-refractivity contribution in [1.29, 1.82) is 0 Å². The van der Waals surface area contributed by atoms with Gasteiger partial charge in [-0.1, -0.05) is 12.1 Å². The molecule has 1 aliphatic rings. The Bertz CT molecular complexity index is 980. The van der Waals surface area contributed by atoms with Crippen LogP contribution >= 0.6 is 12.4 Å². The van der Waals surface area contributed by atoms with Crippen LogP contribution in [0.4, 0.5) is 4.39 Å². The van der Waals surface area contributed by atoms with Crippen LogP contribution in [-0.2, 0) is 13.6 Å². The van der Waals surface area contributed by atoms with Crippen molar-refractivity contribution in [2.24, 2.45) is 7.05 Å². The number of hydrogen-bond donors (Lipinski definition) is 2. The number of rotatable bonds is 5. The third kappa shape index (κ3) is 5.41. The summed E-state index contributed by atoms with van der Waals surface area (Å²) in [5.74, 6) is -1.28. The summed E-state index contributed by atoms with van der Waals surface area (Å²) in [6, 6.07) is 5.85. The SMILES string of the molecule is CC(C)N1CCN(C)C(c2nc(C(=O)NCc3ccc(F)cc3)c(O)c(=O)n2C)C1.Cl. The molecule has 2 aromatic rings. The second-order valence-corrected chi connectivity index (χ2v) is 7.93. The zero-order valence-corrected chi connectivity index (χ0v) is 18.9. The minimum absolute atomic E-state index is 0. The molecule has 1 aliphatic heterocycles. The fraction of sp³-hybridized carbons (Fsp3) is 0.476. The molecule has 0 saturated carbocycles. The lowest BCUT2D eigenvalue weighted by Crippen LogP contribution is -2.50. The number of benzene rings is 1. The highest BCUT2D eigenvalue weighted by molar-refractivity contribution is 5.94. The molecule has 0 aliphatic carbocycles. The molecule has 1 aromatic heterocycles. The molecular formula is C21H29ClFN5O3. The molecule has 1 fully saturated rings. The van der Waals surface area contributed by atoms with Gasteiger partial charge in [0.1, 0.15) is 11.6 Å². The third-order valence-corrected chi connectivity index (χ3v) is 5.59. The number of carbonyl (C=O) groups is 1. The highest BCUT2D eigenvalue weighted by atomic mass is 35.5. The molecular weight excluding hydrogens is 425 g/mol. The molecule has 1 amide bonds. The number of likely N-dealkylation sites (N-methyl/N-ethyl adjacent to an activating group) is 1. The average molecular weight is 454 g/mol.